The van der Waals surface area contributed by atoms with Gasteiger partial charge in [-0.25, -0.2) is 0 Å². The molecule has 1 aromatic rings. The van der Waals surface area contributed by atoms with Gasteiger partial charge >= 0.3 is 0 Å². The Morgan fingerprint density at radius 1 is 1.31 bits per heavy atom. The van der Waals surface area contributed by atoms with E-state index in [2.05, 4.69) is 38.1 Å². The highest BCUT2D eigenvalue weighted by atomic mass is 32.2. The van der Waals surface area contributed by atoms with Gasteiger partial charge in [-0.05, 0) is 30.2 Å². The van der Waals surface area contributed by atoms with Crippen molar-refractivity contribution in [3.8, 4) is 0 Å². The van der Waals surface area contributed by atoms with Crippen LogP contribution < -0.4 is 0 Å². The minimum absolute atomic E-state index is 1.03. The molecule has 0 aliphatic heterocycles. The Morgan fingerprint density at radius 3 is 2.77 bits per heavy atom. The molecule has 0 unspecified atom stereocenters. The van der Waals surface area contributed by atoms with Crippen LogP contribution in [0.1, 0.15) is 25.3 Å². The summed E-state index contributed by atoms with van der Waals surface area (Å²) in [5, 5.41) is 0. The van der Waals surface area contributed by atoms with Gasteiger partial charge in [0, 0.05) is 4.90 Å². The van der Waals surface area contributed by atoms with Gasteiger partial charge in [-0.1, -0.05) is 38.5 Å². The van der Waals surface area contributed by atoms with Gasteiger partial charge in [0.1, 0.15) is 0 Å². The highest BCUT2D eigenvalue weighted by Crippen LogP contribution is 2.23. The second-order valence-corrected chi connectivity index (χ2v) is 4.30. The number of aryl methyl sites for hydroxylation is 1. The summed E-state index contributed by atoms with van der Waals surface area (Å²) < 4.78 is 0. The van der Waals surface area contributed by atoms with Crippen LogP contribution in [0.5, 0.6) is 0 Å². The zero-order valence-electron chi connectivity index (χ0n) is 8.25. The molecule has 0 saturated heterocycles. The Hall–Kier alpha value is -0.430. The fourth-order valence-electron chi connectivity index (χ4n) is 1.32. The van der Waals surface area contributed by atoms with Gasteiger partial charge in [0.25, 0.3) is 0 Å². The first-order valence-electron chi connectivity index (χ1n) is 4.88. The summed E-state index contributed by atoms with van der Waals surface area (Å²) in [6.07, 6.45) is 3.40. The lowest BCUT2D eigenvalue weighted by Gasteiger charge is -2.06. The molecule has 0 spiro atoms. The SMILES string of the molecule is [CH2]CCCc1ccccc1SCC. The van der Waals surface area contributed by atoms with E-state index in [1.807, 2.05) is 11.8 Å². The fraction of sp³-hybridized carbons (Fsp3) is 0.417. The van der Waals surface area contributed by atoms with Crippen molar-refractivity contribution in [3.05, 3.63) is 36.8 Å². The van der Waals surface area contributed by atoms with Crippen molar-refractivity contribution < 1.29 is 0 Å². The van der Waals surface area contributed by atoms with E-state index in [0.717, 1.165) is 12.2 Å². The highest BCUT2D eigenvalue weighted by Gasteiger charge is 1.99. The van der Waals surface area contributed by atoms with Crippen LogP contribution in [0.15, 0.2) is 29.2 Å². The molecule has 1 heteroatoms. The first kappa shape index (κ1) is 10.6. The molecule has 0 aromatic heterocycles. The van der Waals surface area contributed by atoms with E-state index in [1.54, 1.807) is 0 Å². The first-order chi connectivity index (χ1) is 6.38. The van der Waals surface area contributed by atoms with Gasteiger partial charge in [-0.2, -0.15) is 0 Å². The monoisotopic (exact) mass is 193 g/mol. The molecule has 1 radical (unpaired) electrons. The van der Waals surface area contributed by atoms with Crippen LogP contribution in [0, 0.1) is 6.92 Å². The summed E-state index contributed by atoms with van der Waals surface area (Å²) in [7, 11) is 0. The number of unbranched alkanes of at least 4 members (excludes halogenated alkanes) is 1. The quantitative estimate of drug-likeness (QED) is 0.638. The Balaban J connectivity index is 2.66. The van der Waals surface area contributed by atoms with E-state index in [9.17, 15) is 0 Å². The molecule has 0 aliphatic carbocycles. The van der Waals surface area contributed by atoms with Crippen LogP contribution in [-0.4, -0.2) is 5.75 Å². The van der Waals surface area contributed by atoms with Gasteiger partial charge in [0.15, 0.2) is 0 Å². The third kappa shape index (κ3) is 3.43. The number of thioether (sulfide) groups is 1. The van der Waals surface area contributed by atoms with Crippen LogP contribution in [0.4, 0.5) is 0 Å². The number of rotatable bonds is 5. The van der Waals surface area contributed by atoms with Crippen molar-refractivity contribution in [2.45, 2.75) is 31.1 Å². The topological polar surface area (TPSA) is 0 Å². The average Bonchev–Trinajstić information content (AvgIpc) is 2.17. The summed E-state index contributed by atoms with van der Waals surface area (Å²) in [5.74, 6) is 1.15. The molecule has 1 rings (SSSR count). The third-order valence-electron chi connectivity index (χ3n) is 1.97. The summed E-state index contributed by atoms with van der Waals surface area (Å²) in [5.41, 5.74) is 1.48. The molecular formula is C12H17S. The maximum absolute atomic E-state index is 3.87. The lowest BCUT2D eigenvalue weighted by molar-refractivity contribution is 0.827. The number of benzene rings is 1. The molecule has 0 bridgehead atoms. The van der Waals surface area contributed by atoms with Gasteiger partial charge < -0.3 is 0 Å². The molecule has 0 amide bonds. The van der Waals surface area contributed by atoms with E-state index in [0.29, 0.717) is 0 Å². The lowest BCUT2D eigenvalue weighted by Crippen LogP contribution is -1.88. The molecular weight excluding hydrogens is 176 g/mol. The molecule has 0 atom stereocenters. The molecule has 71 valence electrons. The number of hydrogen-bond donors (Lipinski definition) is 0. The van der Waals surface area contributed by atoms with Gasteiger partial charge in [0.05, 0.1) is 0 Å². The van der Waals surface area contributed by atoms with Crippen LogP contribution >= 0.6 is 11.8 Å². The second kappa shape index (κ2) is 6.09. The largest absolute Gasteiger partial charge is 0.126 e. The summed E-state index contributed by atoms with van der Waals surface area (Å²) in [6, 6.07) is 8.68. The van der Waals surface area contributed by atoms with Crippen molar-refractivity contribution in [2.75, 3.05) is 5.75 Å². The summed E-state index contributed by atoms with van der Waals surface area (Å²) in [4.78, 5) is 1.44. The van der Waals surface area contributed by atoms with Crippen molar-refractivity contribution >= 4 is 11.8 Å². The van der Waals surface area contributed by atoms with Crippen molar-refractivity contribution in [2.24, 2.45) is 0 Å². The molecule has 0 aliphatic rings. The van der Waals surface area contributed by atoms with Crippen LogP contribution in [0.3, 0.4) is 0 Å². The Kier molecular flexibility index (Phi) is 4.99. The fourth-order valence-corrected chi connectivity index (χ4v) is 2.16. The smallest absolute Gasteiger partial charge is 0.0104 e. The highest BCUT2D eigenvalue weighted by molar-refractivity contribution is 7.99. The molecule has 0 N–H and O–H groups in total. The first-order valence-corrected chi connectivity index (χ1v) is 5.87. The normalized spacial score (nSPS) is 10.3. The molecule has 0 heterocycles. The van der Waals surface area contributed by atoms with Crippen LogP contribution in [0.2, 0.25) is 0 Å². The molecule has 0 saturated carbocycles. The Morgan fingerprint density at radius 2 is 2.08 bits per heavy atom. The predicted octanol–water partition coefficient (Wildman–Crippen LogP) is 3.96. The van der Waals surface area contributed by atoms with Gasteiger partial charge in [-0.3, -0.25) is 0 Å². The maximum atomic E-state index is 3.87. The number of hydrogen-bond acceptors (Lipinski definition) is 1. The molecule has 0 fully saturated rings. The third-order valence-corrected chi connectivity index (χ3v) is 2.97. The molecule has 0 nitrogen and oxygen atoms in total. The average molecular weight is 193 g/mol. The summed E-state index contributed by atoms with van der Waals surface area (Å²) in [6.45, 7) is 6.07. The minimum Gasteiger partial charge on any atom is -0.126 e. The maximum Gasteiger partial charge on any atom is 0.0104 e. The van der Waals surface area contributed by atoms with E-state index < -0.39 is 0 Å². The van der Waals surface area contributed by atoms with E-state index in [1.165, 1.54) is 23.3 Å². The standard InChI is InChI=1S/C12H17S/c1-3-5-8-11-9-6-7-10-12(11)13-4-2/h6-7,9-10H,1,3-5,8H2,2H3. The van der Waals surface area contributed by atoms with Crippen molar-refractivity contribution in [3.63, 3.8) is 0 Å². The zero-order chi connectivity index (χ0) is 9.52. The van der Waals surface area contributed by atoms with Crippen LogP contribution in [-0.2, 0) is 6.42 Å². The Labute approximate surface area is 85.7 Å². The van der Waals surface area contributed by atoms with Gasteiger partial charge in [-0.15, -0.1) is 11.8 Å². The molecule has 1 aromatic carbocycles. The minimum atomic E-state index is 1.03. The van der Waals surface area contributed by atoms with E-state index in [-0.39, 0.29) is 0 Å². The predicted molar refractivity (Wildman–Crippen MR) is 61.1 cm³/mol. The zero-order valence-corrected chi connectivity index (χ0v) is 9.07. The Bertz CT molecular complexity index is 243. The second-order valence-electron chi connectivity index (χ2n) is 3.00. The lowest BCUT2D eigenvalue weighted by atomic mass is 10.1. The van der Waals surface area contributed by atoms with E-state index >= 15 is 0 Å². The van der Waals surface area contributed by atoms with Crippen molar-refractivity contribution in [1.82, 2.24) is 0 Å². The van der Waals surface area contributed by atoms with Gasteiger partial charge in [0.2, 0.25) is 0 Å². The van der Waals surface area contributed by atoms with Crippen molar-refractivity contribution in [1.29, 1.82) is 0 Å². The van der Waals surface area contributed by atoms with Crippen LogP contribution in [0.25, 0.3) is 0 Å². The summed E-state index contributed by atoms with van der Waals surface area (Å²) >= 11 is 1.93. The molecule has 13 heavy (non-hydrogen) atoms. The van der Waals surface area contributed by atoms with E-state index in [4.69, 9.17) is 0 Å².